The molecule has 2 atom stereocenters. The lowest BCUT2D eigenvalue weighted by Gasteiger charge is -2.61. The molecular formula is C18H30O2. The molecule has 0 aromatic heterocycles. The molecule has 114 valence electrons. The highest BCUT2D eigenvalue weighted by molar-refractivity contribution is 5.09. The SMILES string of the molecule is COC1(CC2CCC(C)(O)C2)C2CC3CC(C2)CC1C3. The summed E-state index contributed by atoms with van der Waals surface area (Å²) in [4.78, 5) is 0. The second-order valence-electron chi connectivity index (χ2n) is 8.77. The Bertz CT molecular complexity index is 359. The molecule has 5 rings (SSSR count). The highest BCUT2D eigenvalue weighted by Crippen LogP contribution is 2.61. The number of ether oxygens (including phenoxy) is 1. The van der Waals surface area contributed by atoms with Crippen molar-refractivity contribution in [3.05, 3.63) is 0 Å². The first-order valence-corrected chi connectivity index (χ1v) is 8.78. The van der Waals surface area contributed by atoms with Crippen LogP contribution in [-0.4, -0.2) is 23.4 Å². The molecular weight excluding hydrogens is 248 g/mol. The Hall–Kier alpha value is -0.0800. The van der Waals surface area contributed by atoms with E-state index in [1.165, 1.54) is 44.9 Å². The van der Waals surface area contributed by atoms with Crippen molar-refractivity contribution >= 4 is 0 Å². The minimum absolute atomic E-state index is 0.165. The van der Waals surface area contributed by atoms with Crippen LogP contribution in [0.1, 0.15) is 64.7 Å². The Morgan fingerprint density at radius 3 is 2.10 bits per heavy atom. The van der Waals surface area contributed by atoms with E-state index in [0.29, 0.717) is 5.92 Å². The monoisotopic (exact) mass is 278 g/mol. The number of rotatable bonds is 3. The molecule has 20 heavy (non-hydrogen) atoms. The van der Waals surface area contributed by atoms with Crippen LogP contribution in [0.4, 0.5) is 0 Å². The number of methoxy groups -OCH3 is 1. The molecule has 0 spiro atoms. The Morgan fingerprint density at radius 2 is 1.65 bits per heavy atom. The normalized spacial score (nSPS) is 57.5. The standard InChI is InChI=1S/C18H30O2/c1-17(19)4-3-12(10-17)11-18(20-2)15-6-13-5-14(8-15)9-16(18)7-13/h12-16,19H,3-11H2,1-2H3. The van der Waals surface area contributed by atoms with Gasteiger partial charge in [0, 0.05) is 7.11 Å². The zero-order valence-electron chi connectivity index (χ0n) is 13.1. The van der Waals surface area contributed by atoms with Gasteiger partial charge in [0.25, 0.3) is 0 Å². The summed E-state index contributed by atoms with van der Waals surface area (Å²) in [6.45, 7) is 2.02. The minimum Gasteiger partial charge on any atom is -0.390 e. The fourth-order valence-electron chi connectivity index (χ4n) is 6.70. The zero-order chi connectivity index (χ0) is 14.0. The maximum atomic E-state index is 10.3. The quantitative estimate of drug-likeness (QED) is 0.851. The second kappa shape index (κ2) is 4.46. The molecule has 2 unspecified atom stereocenters. The molecule has 0 aromatic rings. The molecule has 0 amide bonds. The van der Waals surface area contributed by atoms with Crippen LogP contribution in [0.2, 0.25) is 0 Å². The lowest BCUT2D eigenvalue weighted by atomic mass is 9.48. The fraction of sp³-hybridized carbons (Fsp3) is 1.00. The summed E-state index contributed by atoms with van der Waals surface area (Å²) >= 11 is 0. The smallest absolute Gasteiger partial charge is 0.0737 e. The molecule has 5 aliphatic rings. The fourth-order valence-corrected chi connectivity index (χ4v) is 6.70. The summed E-state index contributed by atoms with van der Waals surface area (Å²) in [5.74, 6) is 4.32. The van der Waals surface area contributed by atoms with E-state index in [1.54, 1.807) is 0 Å². The molecule has 2 nitrogen and oxygen atoms in total. The van der Waals surface area contributed by atoms with Crippen molar-refractivity contribution in [1.29, 1.82) is 0 Å². The van der Waals surface area contributed by atoms with Gasteiger partial charge in [0.05, 0.1) is 11.2 Å². The average Bonchev–Trinajstić information content (AvgIpc) is 2.72. The van der Waals surface area contributed by atoms with Crippen molar-refractivity contribution in [3.63, 3.8) is 0 Å². The summed E-state index contributed by atoms with van der Waals surface area (Å²) in [5, 5.41) is 10.3. The molecule has 5 aliphatic carbocycles. The van der Waals surface area contributed by atoms with Gasteiger partial charge < -0.3 is 9.84 Å². The van der Waals surface area contributed by atoms with Gasteiger partial charge in [0.2, 0.25) is 0 Å². The number of hydrogen-bond donors (Lipinski definition) is 1. The predicted molar refractivity (Wildman–Crippen MR) is 79.4 cm³/mol. The summed E-state index contributed by atoms with van der Waals surface area (Å²) < 4.78 is 6.26. The molecule has 5 saturated carbocycles. The average molecular weight is 278 g/mol. The molecule has 1 N–H and O–H groups in total. The van der Waals surface area contributed by atoms with E-state index in [4.69, 9.17) is 4.74 Å². The Kier molecular flexibility index (Phi) is 3.03. The van der Waals surface area contributed by atoms with Gasteiger partial charge in [-0.3, -0.25) is 0 Å². The summed E-state index contributed by atoms with van der Waals surface area (Å²) in [6.07, 6.45) is 11.6. The first-order chi connectivity index (χ1) is 9.51. The van der Waals surface area contributed by atoms with Crippen LogP contribution in [0.3, 0.4) is 0 Å². The van der Waals surface area contributed by atoms with Gasteiger partial charge in [-0.2, -0.15) is 0 Å². The Labute approximate surface area is 123 Å². The Morgan fingerprint density at radius 1 is 1.05 bits per heavy atom. The second-order valence-corrected chi connectivity index (χ2v) is 8.77. The van der Waals surface area contributed by atoms with Crippen molar-refractivity contribution in [2.75, 3.05) is 7.11 Å². The summed E-state index contributed by atoms with van der Waals surface area (Å²) in [6, 6.07) is 0. The highest BCUT2D eigenvalue weighted by Gasteiger charge is 2.58. The molecule has 0 heterocycles. The molecule has 4 bridgehead atoms. The van der Waals surface area contributed by atoms with Crippen LogP contribution in [0.5, 0.6) is 0 Å². The third kappa shape index (κ3) is 1.98. The highest BCUT2D eigenvalue weighted by atomic mass is 16.5. The first kappa shape index (κ1) is 13.6. The van der Waals surface area contributed by atoms with Crippen LogP contribution in [0, 0.1) is 29.6 Å². The minimum atomic E-state index is -0.411. The third-order valence-electron chi connectivity index (χ3n) is 7.33. The van der Waals surface area contributed by atoms with E-state index in [-0.39, 0.29) is 5.60 Å². The van der Waals surface area contributed by atoms with Crippen LogP contribution in [0.15, 0.2) is 0 Å². The van der Waals surface area contributed by atoms with Crippen LogP contribution in [0.25, 0.3) is 0 Å². The zero-order valence-corrected chi connectivity index (χ0v) is 13.1. The van der Waals surface area contributed by atoms with Gasteiger partial charge in [0.15, 0.2) is 0 Å². The summed E-state index contributed by atoms with van der Waals surface area (Å²) in [5.41, 5.74) is -0.246. The maximum Gasteiger partial charge on any atom is 0.0737 e. The van der Waals surface area contributed by atoms with Crippen molar-refractivity contribution in [2.24, 2.45) is 29.6 Å². The van der Waals surface area contributed by atoms with Gasteiger partial charge in [0.1, 0.15) is 0 Å². The molecule has 0 saturated heterocycles. The molecule has 0 aliphatic heterocycles. The van der Waals surface area contributed by atoms with E-state index in [1.807, 2.05) is 14.0 Å². The van der Waals surface area contributed by atoms with Crippen molar-refractivity contribution in [1.82, 2.24) is 0 Å². The van der Waals surface area contributed by atoms with Crippen LogP contribution < -0.4 is 0 Å². The summed E-state index contributed by atoms with van der Waals surface area (Å²) in [7, 11) is 1.97. The topological polar surface area (TPSA) is 29.5 Å². The van der Waals surface area contributed by atoms with Gasteiger partial charge in [-0.15, -0.1) is 0 Å². The lowest BCUT2D eigenvalue weighted by molar-refractivity contribution is -0.199. The number of aliphatic hydroxyl groups is 1. The van der Waals surface area contributed by atoms with Gasteiger partial charge in [-0.05, 0) is 94.3 Å². The van der Waals surface area contributed by atoms with Crippen LogP contribution >= 0.6 is 0 Å². The lowest BCUT2D eigenvalue weighted by Crippen LogP contribution is -2.59. The van der Waals surface area contributed by atoms with E-state index in [9.17, 15) is 5.11 Å². The predicted octanol–water partition coefficient (Wildman–Crippen LogP) is 3.77. The van der Waals surface area contributed by atoms with Crippen molar-refractivity contribution in [2.45, 2.75) is 75.9 Å². The first-order valence-electron chi connectivity index (χ1n) is 8.78. The van der Waals surface area contributed by atoms with E-state index in [2.05, 4.69) is 0 Å². The van der Waals surface area contributed by atoms with Gasteiger partial charge in [-0.25, -0.2) is 0 Å². The largest absolute Gasteiger partial charge is 0.390 e. The Balaban J connectivity index is 1.55. The molecule has 5 fully saturated rings. The van der Waals surface area contributed by atoms with Crippen molar-refractivity contribution in [3.8, 4) is 0 Å². The third-order valence-corrected chi connectivity index (χ3v) is 7.33. The maximum absolute atomic E-state index is 10.3. The van der Waals surface area contributed by atoms with Crippen LogP contribution in [-0.2, 0) is 4.74 Å². The van der Waals surface area contributed by atoms with Gasteiger partial charge in [-0.1, -0.05) is 0 Å². The van der Waals surface area contributed by atoms with E-state index < -0.39 is 5.60 Å². The molecule has 0 radical (unpaired) electrons. The number of hydrogen-bond acceptors (Lipinski definition) is 2. The van der Waals surface area contributed by atoms with E-state index >= 15 is 0 Å². The molecule has 2 heteroatoms. The van der Waals surface area contributed by atoms with E-state index in [0.717, 1.165) is 36.5 Å². The van der Waals surface area contributed by atoms with Gasteiger partial charge >= 0.3 is 0 Å². The molecule has 0 aromatic carbocycles. The van der Waals surface area contributed by atoms with Crippen molar-refractivity contribution < 1.29 is 9.84 Å².